The molecule has 2 aliphatic carbocycles. The van der Waals surface area contributed by atoms with Crippen LogP contribution in [0.1, 0.15) is 59.3 Å². The highest BCUT2D eigenvalue weighted by atomic mass is 16.7. The molecule has 4 aliphatic heterocycles. The van der Waals surface area contributed by atoms with Crippen LogP contribution in [0.15, 0.2) is 23.5 Å². The lowest BCUT2D eigenvalue weighted by Crippen LogP contribution is -2.53. The van der Waals surface area contributed by atoms with E-state index in [2.05, 4.69) is 13.0 Å². The Kier molecular flexibility index (Phi) is 6.49. The maximum absolute atomic E-state index is 13.5. The zero-order chi connectivity index (χ0) is 26.1. The van der Waals surface area contributed by atoms with E-state index in [0.29, 0.717) is 32.3 Å². The summed E-state index contributed by atoms with van der Waals surface area (Å²) in [6.45, 7) is 6.25. The largest absolute Gasteiger partial charge is 0.469 e. The minimum Gasteiger partial charge on any atom is -0.469 e. The van der Waals surface area contributed by atoms with Crippen molar-refractivity contribution in [3.05, 3.63) is 23.5 Å². The van der Waals surface area contributed by atoms with Crippen LogP contribution in [-0.2, 0) is 33.2 Å². The normalized spacial score (nSPS) is 51.2. The Balaban J connectivity index is 1.21. The molecule has 1 saturated carbocycles. The van der Waals surface area contributed by atoms with Crippen LogP contribution in [-0.4, -0.2) is 78.6 Å². The van der Waals surface area contributed by atoms with Crippen molar-refractivity contribution >= 4 is 5.97 Å². The summed E-state index contributed by atoms with van der Waals surface area (Å²) in [6.07, 6.45) is 4.18. The molecular formula is C28H40O9. The highest BCUT2D eigenvalue weighted by Gasteiger charge is 2.58. The third kappa shape index (κ3) is 4.17. The molecule has 0 aromatic carbocycles. The Morgan fingerprint density at radius 3 is 2.78 bits per heavy atom. The van der Waals surface area contributed by atoms with Gasteiger partial charge in [0.05, 0.1) is 49.1 Å². The van der Waals surface area contributed by atoms with Gasteiger partial charge in [-0.15, -0.1) is 0 Å². The minimum atomic E-state index is -0.759. The van der Waals surface area contributed by atoms with Crippen LogP contribution < -0.4 is 0 Å². The Bertz CT molecular complexity index is 979. The molecule has 0 bridgehead atoms. The first kappa shape index (κ1) is 25.8. The molecule has 6 aliphatic rings. The van der Waals surface area contributed by atoms with Gasteiger partial charge in [-0.3, -0.25) is 4.79 Å². The lowest BCUT2D eigenvalue weighted by atomic mass is 9.55. The van der Waals surface area contributed by atoms with Gasteiger partial charge in [-0.1, -0.05) is 18.6 Å². The smallest absolute Gasteiger partial charge is 0.309 e. The molecule has 37 heavy (non-hydrogen) atoms. The summed E-state index contributed by atoms with van der Waals surface area (Å²) < 4.78 is 35.4. The molecule has 0 aromatic heterocycles. The summed E-state index contributed by atoms with van der Waals surface area (Å²) in [4.78, 5) is 13.5. The van der Waals surface area contributed by atoms with E-state index < -0.39 is 36.5 Å². The molecule has 2 N–H and O–H groups in total. The molecule has 0 spiro atoms. The van der Waals surface area contributed by atoms with Crippen molar-refractivity contribution in [1.29, 1.82) is 0 Å². The molecule has 0 aromatic rings. The SMILES string of the molecule is COC1CC(OC2CC3=CCC4C(=O)OC5COC6(C)OC=C(CCC4C3(C)CC2O)C56)OC(C)C1O. The molecule has 3 saturated heterocycles. The number of esters is 1. The van der Waals surface area contributed by atoms with Crippen LogP contribution in [0.5, 0.6) is 0 Å². The van der Waals surface area contributed by atoms with Crippen LogP contribution in [0.25, 0.3) is 0 Å². The third-order valence-electron chi connectivity index (χ3n) is 10.1. The number of carbonyl (C=O) groups is 1. The van der Waals surface area contributed by atoms with Gasteiger partial charge in [0.2, 0.25) is 5.79 Å². The zero-order valence-corrected chi connectivity index (χ0v) is 22.1. The standard InChI is InChI=1S/C28H40O9/c1-14-25(30)21(32-4)10-23(35-14)36-20-9-16-6-7-17-18(27(16,2)11-19(20)29)8-5-15-12-33-28(3)24(15)22(13-34-28)37-26(17)31/h6,12,14,17-25,29-30H,5,7-11,13H2,1-4H3. The van der Waals surface area contributed by atoms with Crippen LogP contribution in [0.4, 0.5) is 0 Å². The van der Waals surface area contributed by atoms with E-state index in [1.165, 1.54) is 5.57 Å². The van der Waals surface area contributed by atoms with E-state index in [1.54, 1.807) is 14.0 Å². The van der Waals surface area contributed by atoms with E-state index >= 15 is 0 Å². The van der Waals surface area contributed by atoms with Gasteiger partial charge in [-0.05, 0) is 55.9 Å². The van der Waals surface area contributed by atoms with Crippen molar-refractivity contribution in [2.45, 2.75) is 108 Å². The number of allylic oxidation sites excluding steroid dienone is 1. The van der Waals surface area contributed by atoms with Crippen molar-refractivity contribution in [3.63, 3.8) is 0 Å². The number of hydrogen-bond acceptors (Lipinski definition) is 9. The fourth-order valence-electron chi connectivity index (χ4n) is 7.91. The second kappa shape index (κ2) is 9.31. The molecule has 206 valence electrons. The van der Waals surface area contributed by atoms with E-state index in [1.807, 2.05) is 13.2 Å². The summed E-state index contributed by atoms with van der Waals surface area (Å²) in [7, 11) is 1.57. The highest BCUT2D eigenvalue weighted by molar-refractivity contribution is 5.74. The number of hydrogen-bond donors (Lipinski definition) is 2. The summed E-state index contributed by atoms with van der Waals surface area (Å²) in [5, 5.41) is 21.6. The fraction of sp³-hybridized carbons (Fsp3) is 0.821. The van der Waals surface area contributed by atoms with Crippen molar-refractivity contribution in [1.82, 2.24) is 0 Å². The van der Waals surface area contributed by atoms with Gasteiger partial charge in [-0.2, -0.15) is 0 Å². The molecule has 12 unspecified atom stereocenters. The molecular weight excluding hydrogens is 480 g/mol. The van der Waals surface area contributed by atoms with E-state index in [9.17, 15) is 15.0 Å². The second-order valence-corrected chi connectivity index (χ2v) is 12.1. The van der Waals surface area contributed by atoms with E-state index in [0.717, 1.165) is 18.4 Å². The Morgan fingerprint density at radius 2 is 2.00 bits per heavy atom. The fourth-order valence-corrected chi connectivity index (χ4v) is 7.91. The van der Waals surface area contributed by atoms with Gasteiger partial charge in [0, 0.05) is 20.5 Å². The van der Waals surface area contributed by atoms with Crippen LogP contribution in [0.2, 0.25) is 0 Å². The molecule has 12 atom stereocenters. The van der Waals surface area contributed by atoms with Crippen molar-refractivity contribution in [2.24, 2.45) is 23.2 Å². The van der Waals surface area contributed by atoms with Gasteiger partial charge >= 0.3 is 5.97 Å². The molecule has 4 heterocycles. The number of fused-ring (bicyclic) bond motifs is 3. The van der Waals surface area contributed by atoms with Crippen LogP contribution in [0.3, 0.4) is 0 Å². The van der Waals surface area contributed by atoms with Crippen molar-refractivity contribution < 1.29 is 43.4 Å². The van der Waals surface area contributed by atoms with Crippen LogP contribution in [0, 0.1) is 23.2 Å². The lowest BCUT2D eigenvalue weighted by Gasteiger charge is -2.52. The first-order chi connectivity index (χ1) is 17.6. The van der Waals surface area contributed by atoms with Gasteiger partial charge in [-0.25, -0.2) is 0 Å². The monoisotopic (exact) mass is 520 g/mol. The minimum absolute atomic E-state index is 0.0436. The number of aliphatic hydroxyl groups is 2. The molecule has 6 rings (SSSR count). The maximum Gasteiger partial charge on any atom is 0.309 e. The predicted octanol–water partition coefficient (Wildman–Crippen LogP) is 2.59. The number of methoxy groups -OCH3 is 1. The predicted molar refractivity (Wildman–Crippen MR) is 130 cm³/mol. The lowest BCUT2D eigenvalue weighted by molar-refractivity contribution is -0.275. The summed E-state index contributed by atoms with van der Waals surface area (Å²) >= 11 is 0. The van der Waals surface area contributed by atoms with Crippen molar-refractivity contribution in [2.75, 3.05) is 13.7 Å². The Hall–Kier alpha value is -1.49. The summed E-state index contributed by atoms with van der Waals surface area (Å²) in [5.41, 5.74) is 2.04. The second-order valence-electron chi connectivity index (χ2n) is 12.1. The topological polar surface area (TPSA) is 113 Å². The summed E-state index contributed by atoms with van der Waals surface area (Å²) in [6, 6.07) is 0. The van der Waals surface area contributed by atoms with E-state index in [4.69, 9.17) is 28.4 Å². The highest BCUT2D eigenvalue weighted by Crippen LogP contribution is 2.57. The van der Waals surface area contributed by atoms with Gasteiger partial charge in [0.1, 0.15) is 12.2 Å². The Labute approximate surface area is 218 Å². The van der Waals surface area contributed by atoms with Gasteiger partial charge < -0.3 is 38.6 Å². The first-order valence-electron chi connectivity index (χ1n) is 13.7. The molecule has 4 fully saturated rings. The molecule has 9 nitrogen and oxygen atoms in total. The van der Waals surface area contributed by atoms with E-state index in [-0.39, 0.29) is 41.3 Å². The van der Waals surface area contributed by atoms with Crippen LogP contribution >= 0.6 is 0 Å². The molecule has 9 heteroatoms. The number of aliphatic hydroxyl groups excluding tert-OH is 2. The van der Waals surface area contributed by atoms with Gasteiger partial charge in [0.25, 0.3) is 0 Å². The average Bonchev–Trinajstić information content (AvgIpc) is 3.36. The Morgan fingerprint density at radius 1 is 1.19 bits per heavy atom. The number of ether oxygens (including phenoxy) is 6. The average molecular weight is 521 g/mol. The first-order valence-corrected chi connectivity index (χ1v) is 13.7. The number of carbonyl (C=O) groups excluding carboxylic acids is 1. The zero-order valence-electron chi connectivity index (χ0n) is 22.1. The molecule has 0 amide bonds. The van der Waals surface area contributed by atoms with Crippen molar-refractivity contribution in [3.8, 4) is 0 Å². The maximum atomic E-state index is 13.5. The van der Waals surface area contributed by atoms with Gasteiger partial charge in [0.15, 0.2) is 6.29 Å². The number of rotatable bonds is 3. The third-order valence-corrected chi connectivity index (χ3v) is 10.1. The quantitative estimate of drug-likeness (QED) is 0.428. The molecule has 0 radical (unpaired) electrons. The summed E-state index contributed by atoms with van der Waals surface area (Å²) in [5.74, 6) is -1.21.